The molecule has 3 nitrogen and oxygen atoms in total. The Morgan fingerprint density at radius 2 is 2.60 bits per heavy atom. The van der Waals surface area contributed by atoms with Gasteiger partial charge in [-0.25, -0.2) is 0 Å². The fraction of sp³-hybridized carbons (Fsp3) is 0.571. The van der Waals surface area contributed by atoms with E-state index in [2.05, 4.69) is 5.32 Å². The Hall–Kier alpha value is -0.830. The fourth-order valence-corrected chi connectivity index (χ4v) is 1.19. The molecule has 0 bridgehead atoms. The molecular formula is C7H11NO2. The Morgan fingerprint density at radius 1 is 1.90 bits per heavy atom. The quantitative estimate of drug-likeness (QED) is 0.519. The Balaban J connectivity index is 2.68. The molecule has 1 atom stereocenters. The Bertz CT molecular complexity index is 174. The van der Waals surface area contributed by atoms with Crippen LogP contribution < -0.4 is 5.32 Å². The van der Waals surface area contributed by atoms with Crippen molar-refractivity contribution in [2.45, 2.75) is 19.4 Å². The number of rotatable bonds is 1. The highest BCUT2D eigenvalue weighted by atomic mass is 16.4. The second-order valence-corrected chi connectivity index (χ2v) is 2.34. The molecule has 3 heteroatoms. The van der Waals surface area contributed by atoms with Crippen molar-refractivity contribution in [3.05, 3.63) is 11.6 Å². The molecule has 0 radical (unpaired) electrons. The van der Waals surface area contributed by atoms with E-state index in [4.69, 9.17) is 5.11 Å². The van der Waals surface area contributed by atoms with Gasteiger partial charge in [0.25, 0.3) is 0 Å². The lowest BCUT2D eigenvalue weighted by Gasteiger charge is -2.04. The van der Waals surface area contributed by atoms with E-state index < -0.39 is 12.0 Å². The maximum absolute atomic E-state index is 10.5. The SMILES string of the molecule is CC=C1CCN[C@@H]1C(=O)O. The normalized spacial score (nSPS) is 29.3. The van der Waals surface area contributed by atoms with Gasteiger partial charge in [0.15, 0.2) is 0 Å². The van der Waals surface area contributed by atoms with E-state index in [-0.39, 0.29) is 0 Å². The highest BCUT2D eigenvalue weighted by molar-refractivity contribution is 5.78. The number of hydrogen-bond donors (Lipinski definition) is 2. The summed E-state index contributed by atoms with van der Waals surface area (Å²) in [6.07, 6.45) is 2.74. The van der Waals surface area contributed by atoms with Gasteiger partial charge < -0.3 is 10.4 Å². The minimum absolute atomic E-state index is 0.426. The predicted octanol–water partition coefficient (Wildman–Crippen LogP) is 0.379. The van der Waals surface area contributed by atoms with Crippen LogP contribution in [0.5, 0.6) is 0 Å². The lowest BCUT2D eigenvalue weighted by atomic mass is 10.1. The minimum Gasteiger partial charge on any atom is -0.480 e. The van der Waals surface area contributed by atoms with E-state index in [0.29, 0.717) is 0 Å². The van der Waals surface area contributed by atoms with Crippen LogP contribution in [0.4, 0.5) is 0 Å². The third-order valence-electron chi connectivity index (χ3n) is 1.75. The predicted molar refractivity (Wildman–Crippen MR) is 37.8 cm³/mol. The maximum Gasteiger partial charge on any atom is 0.325 e. The summed E-state index contributed by atoms with van der Waals surface area (Å²) in [7, 11) is 0. The smallest absolute Gasteiger partial charge is 0.325 e. The van der Waals surface area contributed by atoms with Gasteiger partial charge in [0.05, 0.1) is 0 Å². The maximum atomic E-state index is 10.5. The van der Waals surface area contributed by atoms with Crippen molar-refractivity contribution in [1.82, 2.24) is 5.32 Å². The van der Waals surface area contributed by atoms with E-state index in [1.165, 1.54) is 0 Å². The summed E-state index contributed by atoms with van der Waals surface area (Å²) in [6, 6.07) is -0.426. The zero-order valence-electron chi connectivity index (χ0n) is 5.92. The van der Waals surface area contributed by atoms with Crippen LogP contribution in [0, 0.1) is 0 Å². The minimum atomic E-state index is -0.773. The van der Waals surface area contributed by atoms with Gasteiger partial charge in [0.2, 0.25) is 0 Å². The van der Waals surface area contributed by atoms with Gasteiger partial charge in [-0.15, -0.1) is 0 Å². The molecule has 1 rings (SSSR count). The monoisotopic (exact) mass is 141 g/mol. The third kappa shape index (κ3) is 1.19. The molecule has 0 aromatic heterocycles. The first kappa shape index (κ1) is 7.28. The first-order chi connectivity index (χ1) is 4.75. The Labute approximate surface area is 59.7 Å². The number of allylic oxidation sites excluding steroid dienone is 1. The molecule has 2 N–H and O–H groups in total. The molecule has 1 aliphatic heterocycles. The molecule has 1 heterocycles. The summed E-state index contributed by atoms with van der Waals surface area (Å²) in [4.78, 5) is 10.5. The van der Waals surface area contributed by atoms with Gasteiger partial charge in [0, 0.05) is 6.54 Å². The Morgan fingerprint density at radius 3 is 3.00 bits per heavy atom. The van der Waals surface area contributed by atoms with Gasteiger partial charge in [-0.05, 0) is 18.9 Å². The van der Waals surface area contributed by atoms with Gasteiger partial charge in [-0.1, -0.05) is 6.08 Å². The molecule has 1 aliphatic rings. The molecule has 1 saturated heterocycles. The second-order valence-electron chi connectivity index (χ2n) is 2.34. The van der Waals surface area contributed by atoms with Crippen LogP contribution in [-0.2, 0) is 4.79 Å². The molecule has 0 saturated carbocycles. The van der Waals surface area contributed by atoms with Gasteiger partial charge in [-0.3, -0.25) is 4.79 Å². The molecule has 0 aromatic carbocycles. The summed E-state index contributed by atoms with van der Waals surface area (Å²) < 4.78 is 0. The van der Waals surface area contributed by atoms with Crippen LogP contribution in [0.3, 0.4) is 0 Å². The van der Waals surface area contributed by atoms with Crippen LogP contribution in [0.1, 0.15) is 13.3 Å². The average molecular weight is 141 g/mol. The number of aliphatic carboxylic acids is 1. The highest BCUT2D eigenvalue weighted by Crippen LogP contribution is 2.13. The highest BCUT2D eigenvalue weighted by Gasteiger charge is 2.25. The van der Waals surface area contributed by atoms with Crippen LogP contribution in [0.25, 0.3) is 0 Å². The molecule has 0 aromatic rings. The summed E-state index contributed by atoms with van der Waals surface area (Å²) in [6.45, 7) is 2.66. The van der Waals surface area contributed by atoms with E-state index in [1.807, 2.05) is 13.0 Å². The zero-order valence-corrected chi connectivity index (χ0v) is 5.92. The van der Waals surface area contributed by atoms with Crippen LogP contribution >= 0.6 is 0 Å². The second kappa shape index (κ2) is 2.84. The number of hydrogen-bond acceptors (Lipinski definition) is 2. The van der Waals surface area contributed by atoms with E-state index in [9.17, 15) is 4.79 Å². The van der Waals surface area contributed by atoms with Crippen molar-refractivity contribution in [3.8, 4) is 0 Å². The molecule has 0 unspecified atom stereocenters. The van der Waals surface area contributed by atoms with Crippen molar-refractivity contribution in [2.75, 3.05) is 6.54 Å². The standard InChI is InChI=1S/C7H11NO2/c1-2-5-3-4-8-6(5)7(9)10/h2,6,8H,3-4H2,1H3,(H,9,10)/t6-/m0/s1. The molecule has 0 amide bonds. The number of carboxylic acids is 1. The summed E-state index contributed by atoms with van der Waals surface area (Å²) in [5.41, 5.74) is 0.993. The van der Waals surface area contributed by atoms with Crippen molar-refractivity contribution in [2.24, 2.45) is 0 Å². The zero-order chi connectivity index (χ0) is 7.56. The molecule has 1 fully saturated rings. The number of nitrogens with one attached hydrogen (secondary N) is 1. The van der Waals surface area contributed by atoms with Gasteiger partial charge in [0.1, 0.15) is 6.04 Å². The van der Waals surface area contributed by atoms with Crippen molar-refractivity contribution in [1.29, 1.82) is 0 Å². The first-order valence-corrected chi connectivity index (χ1v) is 3.37. The van der Waals surface area contributed by atoms with E-state index >= 15 is 0 Å². The van der Waals surface area contributed by atoms with E-state index in [1.54, 1.807) is 0 Å². The van der Waals surface area contributed by atoms with E-state index in [0.717, 1.165) is 18.5 Å². The number of carboxylic acid groups (broad SMARTS) is 1. The van der Waals surface area contributed by atoms with Crippen molar-refractivity contribution >= 4 is 5.97 Å². The lowest BCUT2D eigenvalue weighted by molar-refractivity contribution is -0.138. The van der Waals surface area contributed by atoms with Gasteiger partial charge in [-0.2, -0.15) is 0 Å². The molecule has 0 spiro atoms. The van der Waals surface area contributed by atoms with Crippen molar-refractivity contribution < 1.29 is 9.90 Å². The first-order valence-electron chi connectivity index (χ1n) is 3.37. The summed E-state index contributed by atoms with van der Waals surface area (Å²) in [5, 5.41) is 11.5. The topological polar surface area (TPSA) is 49.3 Å². The van der Waals surface area contributed by atoms with Gasteiger partial charge >= 0.3 is 5.97 Å². The average Bonchev–Trinajstić information content (AvgIpc) is 2.33. The third-order valence-corrected chi connectivity index (χ3v) is 1.75. The molecule has 0 aliphatic carbocycles. The fourth-order valence-electron chi connectivity index (χ4n) is 1.19. The van der Waals surface area contributed by atoms with Crippen LogP contribution in [-0.4, -0.2) is 23.7 Å². The van der Waals surface area contributed by atoms with Crippen LogP contribution in [0.2, 0.25) is 0 Å². The Kier molecular flexibility index (Phi) is 2.06. The van der Waals surface area contributed by atoms with Crippen molar-refractivity contribution in [3.63, 3.8) is 0 Å². The molecule has 10 heavy (non-hydrogen) atoms. The van der Waals surface area contributed by atoms with Crippen LogP contribution in [0.15, 0.2) is 11.6 Å². The summed E-state index contributed by atoms with van der Waals surface area (Å²) >= 11 is 0. The lowest BCUT2D eigenvalue weighted by Crippen LogP contribution is -2.31. The molecule has 56 valence electrons. The largest absolute Gasteiger partial charge is 0.480 e. The summed E-state index contributed by atoms with van der Waals surface area (Å²) in [5.74, 6) is -0.773. The number of carbonyl (C=O) groups is 1. The molecular weight excluding hydrogens is 130 g/mol.